The third kappa shape index (κ3) is 3.18. The molecule has 0 atom stereocenters. The van der Waals surface area contributed by atoms with Gasteiger partial charge in [-0.1, -0.05) is 123 Å². The number of aromatic nitrogens is 3. The smallest absolute Gasteiger partial charge is 0.165 e. The summed E-state index contributed by atoms with van der Waals surface area (Å²) in [6.07, 6.45) is 1.95. The SMILES string of the molecule is CC1(C)c2cc3c(cc2-c2ccc4ccccc4c21)c1ccccc1n3-c1nc(-c2ccccc2)c2c3c(ccnc13)-c1ccccc1-2. The van der Waals surface area contributed by atoms with Crippen molar-refractivity contribution in [1.29, 1.82) is 0 Å². The molecular weight excluding hydrogens is 583 g/mol. The second-order valence-electron chi connectivity index (χ2n) is 13.8. The van der Waals surface area contributed by atoms with Crippen molar-refractivity contribution in [2.45, 2.75) is 19.3 Å². The molecule has 224 valence electrons. The van der Waals surface area contributed by atoms with Crippen LogP contribution in [0, 0.1) is 0 Å². The van der Waals surface area contributed by atoms with E-state index in [-0.39, 0.29) is 5.41 Å². The fourth-order valence-corrected chi connectivity index (χ4v) is 8.89. The number of fused-ring (bicyclic) bond motifs is 11. The lowest BCUT2D eigenvalue weighted by Crippen LogP contribution is -2.15. The molecule has 0 aliphatic heterocycles. The summed E-state index contributed by atoms with van der Waals surface area (Å²) < 4.78 is 2.38. The molecule has 0 saturated heterocycles. The van der Waals surface area contributed by atoms with Gasteiger partial charge in [0.2, 0.25) is 0 Å². The number of hydrogen-bond donors (Lipinski definition) is 0. The van der Waals surface area contributed by atoms with Gasteiger partial charge in [0.25, 0.3) is 0 Å². The van der Waals surface area contributed by atoms with Crippen LogP contribution in [-0.4, -0.2) is 14.5 Å². The van der Waals surface area contributed by atoms with Crippen molar-refractivity contribution in [2.24, 2.45) is 0 Å². The molecule has 3 heteroatoms. The van der Waals surface area contributed by atoms with Crippen LogP contribution < -0.4 is 0 Å². The molecule has 0 spiro atoms. The molecule has 0 N–H and O–H groups in total. The van der Waals surface area contributed by atoms with Crippen molar-refractivity contribution in [3.8, 4) is 50.5 Å². The molecule has 11 rings (SSSR count). The standard InChI is InChI=1S/C45H29N3/c1-45(2)36-25-38-35(24-34(36)33-21-20-26-12-6-7-15-28(26)41(33)45)30-17-10-11-19-37(30)48(38)44-43-40-32(22-23-46-43)29-16-8-9-18-31(29)39(40)42(47-44)27-13-4-3-5-14-27/h3-25H,1-2H3. The molecule has 2 aliphatic carbocycles. The molecule has 3 nitrogen and oxygen atoms in total. The molecule has 0 unspecified atom stereocenters. The van der Waals surface area contributed by atoms with Gasteiger partial charge in [-0.25, -0.2) is 4.98 Å². The maximum Gasteiger partial charge on any atom is 0.165 e. The molecule has 6 aromatic carbocycles. The van der Waals surface area contributed by atoms with Gasteiger partial charge < -0.3 is 0 Å². The van der Waals surface area contributed by atoms with Crippen LogP contribution in [0.15, 0.2) is 140 Å². The predicted molar refractivity (Wildman–Crippen MR) is 199 cm³/mol. The largest absolute Gasteiger partial charge is 0.292 e. The van der Waals surface area contributed by atoms with E-state index < -0.39 is 0 Å². The minimum absolute atomic E-state index is 0.175. The highest BCUT2D eigenvalue weighted by Gasteiger charge is 2.38. The summed E-state index contributed by atoms with van der Waals surface area (Å²) in [4.78, 5) is 10.7. The molecule has 0 bridgehead atoms. The van der Waals surface area contributed by atoms with Gasteiger partial charge in [-0.05, 0) is 74.0 Å². The molecule has 0 radical (unpaired) electrons. The van der Waals surface area contributed by atoms with Gasteiger partial charge in [0.05, 0.1) is 16.7 Å². The first-order chi connectivity index (χ1) is 23.6. The van der Waals surface area contributed by atoms with Crippen molar-refractivity contribution < 1.29 is 0 Å². The van der Waals surface area contributed by atoms with Crippen LogP contribution >= 0.6 is 0 Å². The average molecular weight is 612 g/mol. The van der Waals surface area contributed by atoms with Gasteiger partial charge in [-0.3, -0.25) is 9.55 Å². The molecular formula is C45H29N3. The fourth-order valence-electron chi connectivity index (χ4n) is 8.89. The Labute approximate surface area is 277 Å². The number of pyridine rings is 2. The van der Waals surface area contributed by atoms with E-state index in [1.807, 2.05) is 6.20 Å². The molecule has 3 aromatic heterocycles. The fraction of sp³-hybridized carbons (Fsp3) is 0.0667. The molecule has 0 fully saturated rings. The Morgan fingerprint density at radius 1 is 0.562 bits per heavy atom. The minimum atomic E-state index is -0.175. The van der Waals surface area contributed by atoms with Gasteiger partial charge in [0.15, 0.2) is 5.82 Å². The van der Waals surface area contributed by atoms with Crippen molar-refractivity contribution in [3.05, 3.63) is 151 Å². The summed E-state index contributed by atoms with van der Waals surface area (Å²) in [6, 6.07) is 48.6. The van der Waals surface area contributed by atoms with Crippen molar-refractivity contribution in [1.82, 2.24) is 14.5 Å². The maximum atomic E-state index is 5.63. The number of nitrogens with zero attached hydrogens (tertiary/aromatic N) is 3. The van der Waals surface area contributed by atoms with Crippen molar-refractivity contribution >= 4 is 43.5 Å². The molecule has 0 amide bonds. The quantitative estimate of drug-likeness (QED) is 0.195. The Hall–Kier alpha value is -6.06. The molecule has 48 heavy (non-hydrogen) atoms. The molecule has 0 saturated carbocycles. The lowest BCUT2D eigenvalue weighted by molar-refractivity contribution is 0.667. The normalized spacial score (nSPS) is 13.8. The lowest BCUT2D eigenvalue weighted by Gasteiger charge is -2.23. The van der Waals surface area contributed by atoms with Crippen molar-refractivity contribution in [3.63, 3.8) is 0 Å². The highest BCUT2D eigenvalue weighted by molar-refractivity contribution is 6.20. The maximum absolute atomic E-state index is 5.63. The summed E-state index contributed by atoms with van der Waals surface area (Å²) in [5, 5.41) is 6.25. The van der Waals surface area contributed by atoms with E-state index in [2.05, 4.69) is 152 Å². The lowest BCUT2D eigenvalue weighted by atomic mass is 9.80. The second kappa shape index (κ2) is 9.05. The number of benzene rings is 6. The predicted octanol–water partition coefficient (Wildman–Crippen LogP) is 11.5. The Kier molecular flexibility index (Phi) is 4.91. The zero-order valence-electron chi connectivity index (χ0n) is 26.6. The van der Waals surface area contributed by atoms with Crippen LogP contribution in [-0.2, 0) is 5.41 Å². The summed E-state index contributed by atoms with van der Waals surface area (Å²) in [6.45, 7) is 4.76. The van der Waals surface area contributed by atoms with Gasteiger partial charge >= 0.3 is 0 Å². The zero-order valence-corrected chi connectivity index (χ0v) is 26.6. The topological polar surface area (TPSA) is 30.7 Å². The van der Waals surface area contributed by atoms with Crippen LogP contribution in [0.3, 0.4) is 0 Å². The summed E-state index contributed by atoms with van der Waals surface area (Å²) in [5.41, 5.74) is 15.4. The van der Waals surface area contributed by atoms with E-state index in [0.717, 1.165) is 33.6 Å². The Bertz CT molecular complexity index is 2860. The van der Waals surface area contributed by atoms with Crippen LogP contribution in [0.1, 0.15) is 25.0 Å². The number of rotatable bonds is 2. The van der Waals surface area contributed by atoms with Crippen LogP contribution in [0.5, 0.6) is 0 Å². The summed E-state index contributed by atoms with van der Waals surface area (Å²) >= 11 is 0. The second-order valence-corrected chi connectivity index (χ2v) is 13.8. The third-order valence-electron chi connectivity index (χ3n) is 10.9. The van der Waals surface area contributed by atoms with E-state index in [0.29, 0.717) is 0 Å². The summed E-state index contributed by atoms with van der Waals surface area (Å²) in [7, 11) is 0. The first-order valence-electron chi connectivity index (χ1n) is 16.7. The van der Waals surface area contributed by atoms with E-state index in [1.54, 1.807) is 0 Å². The van der Waals surface area contributed by atoms with Gasteiger partial charge in [0, 0.05) is 38.9 Å². The van der Waals surface area contributed by atoms with E-state index in [9.17, 15) is 0 Å². The highest BCUT2D eigenvalue weighted by Crippen LogP contribution is 2.54. The van der Waals surface area contributed by atoms with Crippen LogP contribution in [0.25, 0.3) is 93.9 Å². The minimum Gasteiger partial charge on any atom is -0.292 e. The molecule has 3 heterocycles. The highest BCUT2D eigenvalue weighted by atomic mass is 15.1. The Morgan fingerprint density at radius 2 is 1.31 bits per heavy atom. The zero-order chi connectivity index (χ0) is 31.7. The molecule has 2 aliphatic rings. The van der Waals surface area contributed by atoms with Crippen LogP contribution in [0.2, 0.25) is 0 Å². The van der Waals surface area contributed by atoms with Gasteiger partial charge in [-0.15, -0.1) is 0 Å². The average Bonchev–Trinajstić information content (AvgIpc) is 3.72. The number of para-hydroxylation sites is 1. The molecule has 9 aromatic rings. The van der Waals surface area contributed by atoms with Crippen LogP contribution in [0.4, 0.5) is 0 Å². The number of hydrogen-bond acceptors (Lipinski definition) is 2. The van der Waals surface area contributed by atoms with E-state index in [1.165, 1.54) is 71.4 Å². The monoisotopic (exact) mass is 611 g/mol. The third-order valence-corrected chi connectivity index (χ3v) is 10.9. The Balaban J connectivity index is 1.28. The van der Waals surface area contributed by atoms with E-state index in [4.69, 9.17) is 9.97 Å². The first kappa shape index (κ1) is 26.1. The Morgan fingerprint density at radius 3 is 2.19 bits per heavy atom. The summed E-state index contributed by atoms with van der Waals surface area (Å²) in [5.74, 6) is 0.868. The first-order valence-corrected chi connectivity index (χ1v) is 16.7. The van der Waals surface area contributed by atoms with Gasteiger partial charge in [-0.2, -0.15) is 0 Å². The van der Waals surface area contributed by atoms with Gasteiger partial charge in [0.1, 0.15) is 5.52 Å². The van der Waals surface area contributed by atoms with Crippen molar-refractivity contribution in [2.75, 3.05) is 0 Å². The van der Waals surface area contributed by atoms with E-state index >= 15 is 0 Å².